The van der Waals surface area contributed by atoms with Crippen LogP contribution in [0.15, 0.2) is 64.2 Å². The molecule has 0 bridgehead atoms. The number of carbonyl (C=O) groups excluding carboxylic acids is 2. The Morgan fingerprint density at radius 1 is 1.13 bits per heavy atom. The maximum absolute atomic E-state index is 12.1. The summed E-state index contributed by atoms with van der Waals surface area (Å²) in [6.45, 7) is 6.02. The Bertz CT molecular complexity index is 1120. The molecule has 1 heterocycles. The molecule has 0 unspecified atom stereocenters. The molecule has 0 fully saturated rings. The van der Waals surface area contributed by atoms with Gasteiger partial charge in [-0.1, -0.05) is 22.0 Å². The highest BCUT2D eigenvalue weighted by Crippen LogP contribution is 2.21. The average Bonchev–Trinajstić information content (AvgIpc) is 3.03. The fourth-order valence-corrected chi connectivity index (χ4v) is 3.42. The zero-order chi connectivity index (χ0) is 22.4. The molecule has 0 atom stereocenters. The minimum atomic E-state index is -0.436. The van der Waals surface area contributed by atoms with Crippen LogP contribution < -0.4 is 10.7 Å². The number of aromatic nitrogens is 1. The molecule has 0 aliphatic heterocycles. The van der Waals surface area contributed by atoms with Crippen molar-refractivity contribution in [3.05, 3.63) is 81.6 Å². The predicted octanol–water partition coefficient (Wildman–Crippen LogP) is 5.19. The molecule has 0 aliphatic rings. The van der Waals surface area contributed by atoms with E-state index in [9.17, 15) is 9.59 Å². The van der Waals surface area contributed by atoms with Crippen LogP contribution in [0.4, 0.5) is 10.5 Å². The summed E-state index contributed by atoms with van der Waals surface area (Å²) in [6, 6.07) is 16.0. The zero-order valence-electron chi connectivity index (χ0n) is 17.5. The molecule has 1 aromatic heterocycles. The average molecular weight is 483 g/mol. The van der Waals surface area contributed by atoms with Gasteiger partial charge in [-0.25, -0.2) is 15.0 Å². The van der Waals surface area contributed by atoms with Gasteiger partial charge in [0.25, 0.3) is 0 Å². The van der Waals surface area contributed by atoms with E-state index in [1.807, 2.05) is 48.7 Å². The van der Waals surface area contributed by atoms with E-state index >= 15 is 0 Å². The van der Waals surface area contributed by atoms with E-state index < -0.39 is 6.03 Å². The van der Waals surface area contributed by atoms with Crippen LogP contribution in [-0.4, -0.2) is 29.4 Å². The van der Waals surface area contributed by atoms with Gasteiger partial charge >= 0.3 is 12.0 Å². The van der Waals surface area contributed by atoms with Gasteiger partial charge in [-0.15, -0.1) is 0 Å². The van der Waals surface area contributed by atoms with Crippen molar-refractivity contribution < 1.29 is 14.3 Å². The molecule has 2 N–H and O–H groups in total. The molecule has 7 nitrogen and oxygen atoms in total. The molecule has 2 aromatic carbocycles. The molecule has 0 saturated carbocycles. The molecule has 0 saturated heterocycles. The molecule has 0 spiro atoms. The first kappa shape index (κ1) is 22.3. The van der Waals surface area contributed by atoms with Crippen LogP contribution in [0.25, 0.3) is 5.69 Å². The number of carbonyl (C=O) groups is 2. The van der Waals surface area contributed by atoms with Gasteiger partial charge in [-0.05, 0) is 69.3 Å². The van der Waals surface area contributed by atoms with Gasteiger partial charge in [0, 0.05) is 32.8 Å². The molecule has 0 aliphatic carbocycles. The third-order valence-electron chi connectivity index (χ3n) is 4.56. The van der Waals surface area contributed by atoms with Crippen LogP contribution in [0.2, 0.25) is 0 Å². The number of benzene rings is 2. The second-order valence-electron chi connectivity index (χ2n) is 6.76. The first-order valence-corrected chi connectivity index (χ1v) is 10.5. The SMILES string of the molecule is CCOC(=O)c1cccc(-n2c(C)cc(/C=N/NC(=O)Nc3ccc(Br)cc3)c2C)c1. The van der Waals surface area contributed by atoms with E-state index in [-0.39, 0.29) is 5.97 Å². The van der Waals surface area contributed by atoms with Crippen LogP contribution >= 0.6 is 15.9 Å². The first-order valence-electron chi connectivity index (χ1n) is 9.71. The van der Waals surface area contributed by atoms with Gasteiger partial charge in [0.1, 0.15) is 0 Å². The van der Waals surface area contributed by atoms with Gasteiger partial charge in [-0.2, -0.15) is 5.10 Å². The highest BCUT2D eigenvalue weighted by Gasteiger charge is 2.12. The molecule has 8 heteroatoms. The monoisotopic (exact) mass is 482 g/mol. The Balaban J connectivity index is 1.72. The van der Waals surface area contributed by atoms with Crippen LogP contribution in [0, 0.1) is 13.8 Å². The fraction of sp³-hybridized carbons (Fsp3) is 0.174. The number of hydrogen-bond acceptors (Lipinski definition) is 4. The summed E-state index contributed by atoms with van der Waals surface area (Å²) in [7, 11) is 0. The molecule has 0 radical (unpaired) electrons. The summed E-state index contributed by atoms with van der Waals surface area (Å²) in [6.07, 6.45) is 1.59. The minimum absolute atomic E-state index is 0.327. The van der Waals surface area contributed by atoms with Crippen molar-refractivity contribution in [2.24, 2.45) is 5.10 Å². The molecule has 2 amide bonds. The number of rotatable bonds is 6. The first-order chi connectivity index (χ1) is 14.9. The zero-order valence-corrected chi connectivity index (χ0v) is 19.1. The molecule has 160 valence electrons. The van der Waals surface area contributed by atoms with E-state index in [1.165, 1.54) is 0 Å². The maximum atomic E-state index is 12.1. The summed E-state index contributed by atoms with van der Waals surface area (Å²) in [4.78, 5) is 24.1. The largest absolute Gasteiger partial charge is 0.462 e. The van der Waals surface area contributed by atoms with E-state index in [0.29, 0.717) is 17.9 Å². The number of anilines is 1. The van der Waals surface area contributed by atoms with Crippen LogP contribution in [0.1, 0.15) is 34.2 Å². The van der Waals surface area contributed by atoms with E-state index in [4.69, 9.17) is 4.74 Å². The number of hydrogen-bond donors (Lipinski definition) is 2. The number of amides is 2. The van der Waals surface area contributed by atoms with Crippen LogP contribution in [0.5, 0.6) is 0 Å². The Morgan fingerprint density at radius 2 is 1.87 bits per heavy atom. The normalized spacial score (nSPS) is 10.8. The van der Waals surface area contributed by atoms with Gasteiger partial charge in [0.05, 0.1) is 18.4 Å². The number of aryl methyl sites for hydroxylation is 1. The summed E-state index contributed by atoms with van der Waals surface area (Å²) in [5, 5.41) is 6.76. The number of nitrogens with one attached hydrogen (secondary N) is 2. The molecule has 31 heavy (non-hydrogen) atoms. The standard InChI is InChI=1S/C23H23BrN4O3/c1-4-31-22(29)17-6-5-7-21(13-17)28-15(2)12-18(16(28)3)14-25-27-23(30)26-20-10-8-19(24)9-11-20/h5-14H,4H2,1-3H3,(H2,26,27,30)/b25-14+. The lowest BCUT2D eigenvalue weighted by atomic mass is 10.2. The van der Waals surface area contributed by atoms with Crippen molar-refractivity contribution in [3.63, 3.8) is 0 Å². The number of ether oxygens (including phenoxy) is 1. The third kappa shape index (κ3) is 5.61. The highest BCUT2D eigenvalue weighted by atomic mass is 79.9. The summed E-state index contributed by atoms with van der Waals surface area (Å²) >= 11 is 3.35. The van der Waals surface area contributed by atoms with Crippen molar-refractivity contribution in [1.82, 2.24) is 9.99 Å². The minimum Gasteiger partial charge on any atom is -0.462 e. The van der Waals surface area contributed by atoms with Crippen LogP contribution in [0.3, 0.4) is 0 Å². The fourth-order valence-electron chi connectivity index (χ4n) is 3.15. The quantitative estimate of drug-likeness (QED) is 0.288. The maximum Gasteiger partial charge on any atom is 0.339 e. The Labute approximate surface area is 189 Å². The Hall–Kier alpha value is -3.39. The van der Waals surface area contributed by atoms with E-state index in [0.717, 1.165) is 27.1 Å². The summed E-state index contributed by atoms with van der Waals surface area (Å²) < 4.78 is 8.04. The Kier molecular flexibility index (Phi) is 7.25. The van der Waals surface area contributed by atoms with E-state index in [1.54, 1.807) is 37.4 Å². The molecular formula is C23H23BrN4O3. The van der Waals surface area contributed by atoms with Gasteiger partial charge < -0.3 is 14.6 Å². The van der Waals surface area contributed by atoms with Gasteiger partial charge in [0.15, 0.2) is 0 Å². The topological polar surface area (TPSA) is 84.7 Å². The second-order valence-corrected chi connectivity index (χ2v) is 7.68. The second kappa shape index (κ2) is 10.1. The third-order valence-corrected chi connectivity index (χ3v) is 5.09. The van der Waals surface area contributed by atoms with Crippen molar-refractivity contribution in [2.75, 3.05) is 11.9 Å². The van der Waals surface area contributed by atoms with Gasteiger partial charge in [0.2, 0.25) is 0 Å². The summed E-state index contributed by atoms with van der Waals surface area (Å²) in [5.41, 5.74) is 7.22. The molecular weight excluding hydrogens is 460 g/mol. The van der Waals surface area contributed by atoms with Crippen LogP contribution in [-0.2, 0) is 4.74 Å². The number of halogens is 1. The molecule has 3 aromatic rings. The lowest BCUT2D eigenvalue weighted by Crippen LogP contribution is -2.24. The lowest BCUT2D eigenvalue weighted by molar-refractivity contribution is 0.0526. The molecule has 3 rings (SSSR count). The number of hydrazone groups is 1. The smallest absolute Gasteiger partial charge is 0.339 e. The highest BCUT2D eigenvalue weighted by molar-refractivity contribution is 9.10. The van der Waals surface area contributed by atoms with Crippen molar-refractivity contribution >= 4 is 39.8 Å². The van der Waals surface area contributed by atoms with E-state index in [2.05, 4.69) is 31.8 Å². The Morgan fingerprint density at radius 3 is 2.58 bits per heavy atom. The van der Waals surface area contributed by atoms with Gasteiger partial charge in [-0.3, -0.25) is 0 Å². The lowest BCUT2D eigenvalue weighted by Gasteiger charge is -2.11. The summed E-state index contributed by atoms with van der Waals surface area (Å²) in [5.74, 6) is -0.352. The number of nitrogens with zero attached hydrogens (tertiary/aromatic N) is 2. The van der Waals surface area contributed by atoms with Crippen molar-refractivity contribution in [2.45, 2.75) is 20.8 Å². The van der Waals surface area contributed by atoms with Crippen molar-refractivity contribution in [3.8, 4) is 5.69 Å². The number of esters is 1. The van der Waals surface area contributed by atoms with Crippen molar-refractivity contribution in [1.29, 1.82) is 0 Å². The number of urea groups is 1. The predicted molar refractivity (Wildman–Crippen MR) is 125 cm³/mol.